The van der Waals surface area contributed by atoms with Crippen LogP contribution in [0.5, 0.6) is 11.5 Å². The lowest BCUT2D eigenvalue weighted by Crippen LogP contribution is -2.14. The number of methoxy groups -OCH3 is 3. The van der Waals surface area contributed by atoms with Gasteiger partial charge in [0.25, 0.3) is 0 Å². The molecular formula is C14H21NO5. The summed E-state index contributed by atoms with van der Waals surface area (Å²) in [5.74, 6) is 0.222. The Morgan fingerprint density at radius 3 is 2.40 bits per heavy atom. The van der Waals surface area contributed by atoms with E-state index in [1.165, 1.54) is 7.11 Å². The number of ether oxygens (including phenoxy) is 3. The third kappa shape index (κ3) is 3.85. The molecule has 0 saturated heterocycles. The summed E-state index contributed by atoms with van der Waals surface area (Å²) in [5, 5.41) is 8.72. The number of hydrogen-bond donors (Lipinski definition) is 2. The van der Waals surface area contributed by atoms with Crippen molar-refractivity contribution in [2.24, 2.45) is 5.73 Å². The topological polar surface area (TPSA) is 91.0 Å². The van der Waals surface area contributed by atoms with Gasteiger partial charge in [0.2, 0.25) is 0 Å². The summed E-state index contributed by atoms with van der Waals surface area (Å²) in [5.41, 5.74) is 7.61. The summed E-state index contributed by atoms with van der Waals surface area (Å²) in [4.78, 5) is 10.6. The molecule has 0 saturated carbocycles. The van der Waals surface area contributed by atoms with Crippen molar-refractivity contribution in [1.82, 2.24) is 0 Å². The summed E-state index contributed by atoms with van der Waals surface area (Å²) in [6, 6.07) is 3.25. The predicted octanol–water partition coefficient (Wildman–Crippen LogP) is 1.71. The molecule has 0 aliphatic rings. The Hall–Kier alpha value is -1.79. The van der Waals surface area contributed by atoms with Gasteiger partial charge in [-0.1, -0.05) is 12.1 Å². The lowest BCUT2D eigenvalue weighted by atomic mass is 9.99. The van der Waals surface area contributed by atoms with Crippen molar-refractivity contribution in [3.05, 3.63) is 23.3 Å². The van der Waals surface area contributed by atoms with Crippen molar-refractivity contribution in [2.75, 3.05) is 21.3 Å². The number of rotatable bonds is 8. The Bertz CT molecular complexity index is 461. The Morgan fingerprint density at radius 2 is 1.90 bits per heavy atom. The number of aliphatic carboxylic acids is 1. The summed E-state index contributed by atoms with van der Waals surface area (Å²) >= 11 is 0. The van der Waals surface area contributed by atoms with Gasteiger partial charge in [-0.05, 0) is 6.42 Å². The fourth-order valence-electron chi connectivity index (χ4n) is 2.05. The van der Waals surface area contributed by atoms with E-state index in [1.54, 1.807) is 14.2 Å². The lowest BCUT2D eigenvalue weighted by Gasteiger charge is -2.19. The Balaban J connectivity index is 3.10. The second-order valence-corrected chi connectivity index (χ2v) is 4.35. The zero-order chi connectivity index (χ0) is 15.1. The second kappa shape index (κ2) is 7.72. The number of carboxylic acid groups (broad SMARTS) is 1. The molecule has 3 N–H and O–H groups in total. The molecule has 0 aromatic heterocycles. The monoisotopic (exact) mass is 283 g/mol. The first-order valence-corrected chi connectivity index (χ1v) is 6.25. The molecule has 0 aliphatic heterocycles. The molecular weight excluding hydrogens is 262 g/mol. The molecule has 20 heavy (non-hydrogen) atoms. The molecule has 1 rings (SSSR count). The quantitative estimate of drug-likeness (QED) is 0.754. The van der Waals surface area contributed by atoms with Crippen LogP contribution in [0, 0.1) is 0 Å². The van der Waals surface area contributed by atoms with Crippen LogP contribution >= 0.6 is 0 Å². The third-order valence-electron chi connectivity index (χ3n) is 3.00. The van der Waals surface area contributed by atoms with Gasteiger partial charge in [-0.3, -0.25) is 4.79 Å². The van der Waals surface area contributed by atoms with Crippen LogP contribution in [0.25, 0.3) is 0 Å². The first kappa shape index (κ1) is 16.3. The smallest absolute Gasteiger partial charge is 0.303 e. The van der Waals surface area contributed by atoms with Crippen LogP contribution in [0.1, 0.15) is 30.0 Å². The van der Waals surface area contributed by atoms with Gasteiger partial charge in [-0.15, -0.1) is 0 Å². The zero-order valence-electron chi connectivity index (χ0n) is 12.0. The fraction of sp³-hybridized carbons (Fsp3) is 0.500. The van der Waals surface area contributed by atoms with Crippen LogP contribution in [0.2, 0.25) is 0 Å². The first-order valence-electron chi connectivity index (χ1n) is 6.25. The van der Waals surface area contributed by atoms with Gasteiger partial charge in [0.1, 0.15) is 0 Å². The lowest BCUT2D eigenvalue weighted by molar-refractivity contribution is -0.137. The highest BCUT2D eigenvalue weighted by Gasteiger charge is 2.19. The van der Waals surface area contributed by atoms with E-state index < -0.39 is 12.0 Å². The second-order valence-electron chi connectivity index (χ2n) is 4.35. The van der Waals surface area contributed by atoms with Crippen molar-refractivity contribution in [2.45, 2.75) is 25.5 Å². The molecule has 0 aliphatic carbocycles. The molecule has 112 valence electrons. The van der Waals surface area contributed by atoms with Crippen LogP contribution in [0.15, 0.2) is 12.1 Å². The van der Waals surface area contributed by atoms with E-state index in [1.807, 2.05) is 12.1 Å². The van der Waals surface area contributed by atoms with Crippen LogP contribution in [-0.2, 0) is 16.1 Å². The average molecular weight is 283 g/mol. The first-order chi connectivity index (χ1) is 9.54. The highest BCUT2D eigenvalue weighted by molar-refractivity contribution is 5.66. The number of hydrogen-bond acceptors (Lipinski definition) is 5. The molecule has 0 fully saturated rings. The standard InChI is InChI=1S/C14H21NO5/c1-18-8-9-4-5-10(11(15)6-7-12(16)17)14(20-3)13(9)19-2/h4-5,11H,6-8,15H2,1-3H3,(H,16,17). The largest absolute Gasteiger partial charge is 0.492 e. The van der Waals surface area contributed by atoms with E-state index in [9.17, 15) is 4.79 Å². The van der Waals surface area contributed by atoms with Gasteiger partial charge < -0.3 is 25.1 Å². The summed E-state index contributed by atoms with van der Waals surface area (Å²) in [6.07, 6.45) is 0.338. The highest BCUT2D eigenvalue weighted by atomic mass is 16.5. The summed E-state index contributed by atoms with van der Waals surface area (Å²) in [6.45, 7) is 0.393. The Kier molecular flexibility index (Phi) is 6.27. The van der Waals surface area contributed by atoms with Gasteiger partial charge in [0, 0.05) is 30.7 Å². The van der Waals surface area contributed by atoms with Gasteiger partial charge in [-0.25, -0.2) is 0 Å². The molecule has 1 aromatic rings. The number of benzene rings is 1. The molecule has 0 bridgehead atoms. The van der Waals surface area contributed by atoms with E-state index >= 15 is 0 Å². The van der Waals surface area contributed by atoms with Crippen molar-refractivity contribution in [3.63, 3.8) is 0 Å². The predicted molar refractivity (Wildman–Crippen MR) is 74.1 cm³/mol. The molecule has 0 heterocycles. The molecule has 1 unspecified atom stereocenters. The maximum Gasteiger partial charge on any atom is 0.303 e. The van der Waals surface area contributed by atoms with Gasteiger partial charge >= 0.3 is 5.97 Å². The SMILES string of the molecule is COCc1ccc(C(N)CCC(=O)O)c(OC)c1OC. The molecule has 1 aromatic carbocycles. The van der Waals surface area contributed by atoms with Crippen molar-refractivity contribution >= 4 is 5.97 Å². The molecule has 0 radical (unpaired) electrons. The molecule has 0 amide bonds. The fourth-order valence-corrected chi connectivity index (χ4v) is 2.05. The van der Waals surface area contributed by atoms with E-state index in [2.05, 4.69) is 0 Å². The van der Waals surface area contributed by atoms with Crippen LogP contribution < -0.4 is 15.2 Å². The zero-order valence-corrected chi connectivity index (χ0v) is 12.0. The van der Waals surface area contributed by atoms with Crippen molar-refractivity contribution in [3.8, 4) is 11.5 Å². The number of carboxylic acids is 1. The summed E-state index contributed by atoms with van der Waals surface area (Å²) in [7, 11) is 4.67. The third-order valence-corrected chi connectivity index (χ3v) is 3.00. The van der Waals surface area contributed by atoms with Crippen LogP contribution in [0.3, 0.4) is 0 Å². The van der Waals surface area contributed by atoms with E-state index in [0.29, 0.717) is 24.5 Å². The normalized spacial score (nSPS) is 12.0. The van der Waals surface area contributed by atoms with Gasteiger partial charge in [0.05, 0.1) is 20.8 Å². The maximum absolute atomic E-state index is 10.6. The van der Waals surface area contributed by atoms with Gasteiger partial charge in [-0.2, -0.15) is 0 Å². The Morgan fingerprint density at radius 1 is 1.25 bits per heavy atom. The van der Waals surface area contributed by atoms with Gasteiger partial charge in [0.15, 0.2) is 11.5 Å². The minimum Gasteiger partial charge on any atom is -0.492 e. The van der Waals surface area contributed by atoms with E-state index in [0.717, 1.165) is 11.1 Å². The van der Waals surface area contributed by atoms with E-state index in [-0.39, 0.29) is 6.42 Å². The minimum absolute atomic E-state index is 0.00641. The minimum atomic E-state index is -0.873. The van der Waals surface area contributed by atoms with Crippen LogP contribution in [0.4, 0.5) is 0 Å². The number of carbonyl (C=O) groups is 1. The molecule has 6 heteroatoms. The number of nitrogens with two attached hydrogens (primary N) is 1. The average Bonchev–Trinajstić information content (AvgIpc) is 2.44. The van der Waals surface area contributed by atoms with Crippen LogP contribution in [-0.4, -0.2) is 32.4 Å². The molecule has 1 atom stereocenters. The Labute approximate surface area is 118 Å². The maximum atomic E-state index is 10.6. The van der Waals surface area contributed by atoms with Crippen molar-refractivity contribution < 1.29 is 24.1 Å². The highest BCUT2D eigenvalue weighted by Crippen LogP contribution is 2.38. The van der Waals surface area contributed by atoms with Crippen molar-refractivity contribution in [1.29, 1.82) is 0 Å². The summed E-state index contributed by atoms with van der Waals surface area (Å²) < 4.78 is 15.8. The molecule has 6 nitrogen and oxygen atoms in total. The molecule has 0 spiro atoms. The van der Waals surface area contributed by atoms with E-state index in [4.69, 9.17) is 25.1 Å².